The van der Waals surface area contributed by atoms with Gasteiger partial charge in [0.1, 0.15) is 17.9 Å². The lowest BCUT2D eigenvalue weighted by Gasteiger charge is -2.39. The van der Waals surface area contributed by atoms with Gasteiger partial charge in [0.05, 0.1) is 0 Å². The molecular weight excluding hydrogens is 254 g/mol. The minimum absolute atomic E-state index is 0.0622. The van der Waals surface area contributed by atoms with Gasteiger partial charge in [0.15, 0.2) is 5.78 Å². The van der Waals surface area contributed by atoms with E-state index in [0.717, 1.165) is 17.7 Å². The number of Topliss-reactive ketones (excluding diaryl/α,β-unsaturated/α-hetero) is 1. The predicted octanol–water partition coefficient (Wildman–Crippen LogP) is 1.88. The van der Waals surface area contributed by atoms with Crippen LogP contribution in [0.15, 0.2) is 18.2 Å². The quantitative estimate of drug-likeness (QED) is 0.850. The van der Waals surface area contributed by atoms with Crippen LogP contribution >= 0.6 is 0 Å². The summed E-state index contributed by atoms with van der Waals surface area (Å²) in [4.78, 5) is 23.5. The van der Waals surface area contributed by atoms with E-state index in [1.165, 1.54) is 12.5 Å². The standard InChI is InChI=1S/C16H19NO3/c1-9-4-5-13-11(8-9)16(3)7-6-12(19)14(15(16)20-13)17-10(2)18/h4-5,8,14-15H,6-7H2,1-3H3,(H,17,18)/t14-,15-,16-/m0/s1. The molecule has 4 nitrogen and oxygen atoms in total. The number of ketones is 1. The molecule has 3 rings (SSSR count). The molecule has 20 heavy (non-hydrogen) atoms. The second kappa shape index (κ2) is 4.33. The summed E-state index contributed by atoms with van der Waals surface area (Å²) in [5.41, 5.74) is 2.13. The largest absolute Gasteiger partial charge is 0.487 e. The number of ether oxygens (including phenoxy) is 1. The highest BCUT2D eigenvalue weighted by Gasteiger charge is 2.54. The summed E-state index contributed by atoms with van der Waals surface area (Å²) in [6, 6.07) is 5.56. The zero-order valence-corrected chi connectivity index (χ0v) is 12.0. The van der Waals surface area contributed by atoms with Gasteiger partial charge in [0.25, 0.3) is 0 Å². The Morgan fingerprint density at radius 2 is 2.20 bits per heavy atom. The lowest BCUT2D eigenvalue weighted by Crippen LogP contribution is -2.59. The molecule has 0 saturated heterocycles. The van der Waals surface area contributed by atoms with E-state index in [2.05, 4.69) is 25.2 Å². The maximum Gasteiger partial charge on any atom is 0.217 e. The normalized spacial score (nSPS) is 31.2. The third kappa shape index (κ3) is 1.82. The van der Waals surface area contributed by atoms with Gasteiger partial charge in [-0.2, -0.15) is 0 Å². The number of nitrogens with one attached hydrogen (secondary N) is 1. The van der Waals surface area contributed by atoms with Crippen LogP contribution < -0.4 is 10.1 Å². The Hall–Kier alpha value is -1.84. The Bertz CT molecular complexity index is 595. The number of fused-ring (bicyclic) bond motifs is 3. The Labute approximate surface area is 118 Å². The highest BCUT2D eigenvalue weighted by atomic mass is 16.5. The molecule has 1 aliphatic carbocycles. The molecule has 2 aliphatic rings. The Balaban J connectivity index is 2.03. The summed E-state index contributed by atoms with van der Waals surface area (Å²) in [5.74, 6) is 0.712. The summed E-state index contributed by atoms with van der Waals surface area (Å²) in [5, 5.41) is 2.76. The molecule has 1 aromatic rings. The van der Waals surface area contributed by atoms with Crippen molar-refractivity contribution in [2.75, 3.05) is 0 Å². The van der Waals surface area contributed by atoms with Crippen molar-refractivity contribution in [3.63, 3.8) is 0 Å². The molecule has 1 aromatic carbocycles. The number of amides is 1. The van der Waals surface area contributed by atoms with Crippen molar-refractivity contribution in [3.05, 3.63) is 29.3 Å². The SMILES string of the molecule is CC(=O)N[C@H]1C(=O)CC[C@@]2(C)c3cc(C)ccc3O[C@@H]12. The van der Waals surface area contributed by atoms with Crippen LogP contribution in [-0.4, -0.2) is 23.8 Å². The third-order valence-electron chi connectivity index (χ3n) is 4.53. The van der Waals surface area contributed by atoms with Crippen LogP contribution in [-0.2, 0) is 15.0 Å². The van der Waals surface area contributed by atoms with Crippen molar-refractivity contribution in [1.82, 2.24) is 5.32 Å². The van der Waals surface area contributed by atoms with Crippen LogP contribution in [0.4, 0.5) is 0 Å². The third-order valence-corrected chi connectivity index (χ3v) is 4.53. The number of rotatable bonds is 1. The zero-order valence-electron chi connectivity index (χ0n) is 12.0. The first-order valence-electron chi connectivity index (χ1n) is 6.99. The summed E-state index contributed by atoms with van der Waals surface area (Å²) < 4.78 is 6.02. The highest BCUT2D eigenvalue weighted by molar-refractivity contribution is 5.90. The van der Waals surface area contributed by atoms with E-state index in [9.17, 15) is 9.59 Å². The van der Waals surface area contributed by atoms with Gasteiger partial charge in [-0.05, 0) is 19.4 Å². The summed E-state index contributed by atoms with van der Waals surface area (Å²) >= 11 is 0. The van der Waals surface area contributed by atoms with E-state index in [-0.39, 0.29) is 23.2 Å². The summed E-state index contributed by atoms with van der Waals surface area (Å²) in [6.07, 6.45) is 0.946. The molecule has 1 saturated carbocycles. The minimum Gasteiger partial charge on any atom is -0.487 e. The monoisotopic (exact) mass is 273 g/mol. The number of benzene rings is 1. The molecule has 0 unspecified atom stereocenters. The Kier molecular flexibility index (Phi) is 2.85. The van der Waals surface area contributed by atoms with Crippen molar-refractivity contribution in [3.8, 4) is 5.75 Å². The molecule has 0 aromatic heterocycles. The number of hydrogen-bond acceptors (Lipinski definition) is 3. The number of carbonyl (C=O) groups excluding carboxylic acids is 2. The second-order valence-corrected chi connectivity index (χ2v) is 6.10. The lowest BCUT2D eigenvalue weighted by molar-refractivity contribution is -0.132. The van der Waals surface area contributed by atoms with E-state index in [1.807, 2.05) is 12.1 Å². The average molecular weight is 273 g/mol. The van der Waals surface area contributed by atoms with Gasteiger partial charge >= 0.3 is 0 Å². The minimum atomic E-state index is -0.543. The molecule has 1 amide bonds. The van der Waals surface area contributed by atoms with Crippen LogP contribution in [0.3, 0.4) is 0 Å². The second-order valence-electron chi connectivity index (χ2n) is 6.10. The fraction of sp³-hybridized carbons (Fsp3) is 0.500. The smallest absolute Gasteiger partial charge is 0.217 e. The van der Waals surface area contributed by atoms with E-state index in [0.29, 0.717) is 6.42 Å². The van der Waals surface area contributed by atoms with Gasteiger partial charge in [0, 0.05) is 24.3 Å². The first kappa shape index (κ1) is 13.2. The first-order chi connectivity index (χ1) is 9.41. The number of carbonyl (C=O) groups is 2. The Morgan fingerprint density at radius 3 is 2.90 bits per heavy atom. The molecule has 1 heterocycles. The number of aryl methyl sites for hydroxylation is 1. The van der Waals surface area contributed by atoms with Crippen molar-refractivity contribution in [2.45, 2.75) is 51.2 Å². The van der Waals surface area contributed by atoms with Crippen LogP contribution in [0.1, 0.15) is 37.8 Å². The van der Waals surface area contributed by atoms with Gasteiger partial charge in [-0.1, -0.05) is 24.6 Å². The van der Waals surface area contributed by atoms with Gasteiger partial charge in [-0.3, -0.25) is 9.59 Å². The predicted molar refractivity (Wildman–Crippen MR) is 74.8 cm³/mol. The van der Waals surface area contributed by atoms with Crippen LogP contribution in [0.5, 0.6) is 5.75 Å². The van der Waals surface area contributed by atoms with Crippen molar-refractivity contribution in [1.29, 1.82) is 0 Å². The van der Waals surface area contributed by atoms with Gasteiger partial charge in [0.2, 0.25) is 5.91 Å². The fourth-order valence-electron chi connectivity index (χ4n) is 3.41. The average Bonchev–Trinajstić information content (AvgIpc) is 2.67. The lowest BCUT2D eigenvalue weighted by atomic mass is 9.67. The zero-order chi connectivity index (χ0) is 14.5. The maximum absolute atomic E-state index is 12.1. The van der Waals surface area contributed by atoms with Crippen LogP contribution in [0, 0.1) is 6.92 Å². The molecule has 1 N–H and O–H groups in total. The fourth-order valence-corrected chi connectivity index (χ4v) is 3.41. The van der Waals surface area contributed by atoms with Crippen molar-refractivity contribution >= 4 is 11.7 Å². The first-order valence-corrected chi connectivity index (χ1v) is 6.99. The van der Waals surface area contributed by atoms with E-state index in [4.69, 9.17) is 4.74 Å². The van der Waals surface area contributed by atoms with Crippen LogP contribution in [0.2, 0.25) is 0 Å². The molecular formula is C16H19NO3. The molecule has 4 heteroatoms. The Morgan fingerprint density at radius 1 is 1.45 bits per heavy atom. The van der Waals surface area contributed by atoms with E-state index < -0.39 is 6.04 Å². The van der Waals surface area contributed by atoms with Crippen LogP contribution in [0.25, 0.3) is 0 Å². The van der Waals surface area contributed by atoms with Crippen molar-refractivity contribution < 1.29 is 14.3 Å². The van der Waals surface area contributed by atoms with Crippen molar-refractivity contribution in [2.24, 2.45) is 0 Å². The molecule has 1 fully saturated rings. The summed E-state index contributed by atoms with van der Waals surface area (Å²) in [6.45, 7) is 5.62. The van der Waals surface area contributed by atoms with Gasteiger partial charge < -0.3 is 10.1 Å². The van der Waals surface area contributed by atoms with Gasteiger partial charge in [-0.25, -0.2) is 0 Å². The topological polar surface area (TPSA) is 55.4 Å². The molecule has 106 valence electrons. The molecule has 1 aliphatic heterocycles. The van der Waals surface area contributed by atoms with E-state index >= 15 is 0 Å². The molecule has 0 radical (unpaired) electrons. The van der Waals surface area contributed by atoms with E-state index in [1.54, 1.807) is 0 Å². The number of hydrogen-bond donors (Lipinski definition) is 1. The molecule has 0 spiro atoms. The maximum atomic E-state index is 12.1. The molecule has 3 atom stereocenters. The molecule has 0 bridgehead atoms. The van der Waals surface area contributed by atoms with Gasteiger partial charge in [-0.15, -0.1) is 0 Å². The highest BCUT2D eigenvalue weighted by Crippen LogP contribution is 2.49. The summed E-state index contributed by atoms with van der Waals surface area (Å²) in [7, 11) is 0.